The second-order valence-electron chi connectivity index (χ2n) is 7.97. The van der Waals surface area contributed by atoms with Crippen molar-refractivity contribution < 1.29 is 9.53 Å². The van der Waals surface area contributed by atoms with Gasteiger partial charge in [-0.3, -0.25) is 9.89 Å². The third kappa shape index (κ3) is 2.84. The number of likely N-dealkylation sites (tertiary alicyclic amines) is 1. The van der Waals surface area contributed by atoms with Crippen molar-refractivity contribution in [1.82, 2.24) is 25.1 Å². The number of methoxy groups -OCH3 is 1. The van der Waals surface area contributed by atoms with E-state index in [0.29, 0.717) is 30.9 Å². The van der Waals surface area contributed by atoms with Crippen molar-refractivity contribution in [3.63, 3.8) is 0 Å². The second kappa shape index (κ2) is 6.23. The van der Waals surface area contributed by atoms with Gasteiger partial charge in [0.15, 0.2) is 11.6 Å². The summed E-state index contributed by atoms with van der Waals surface area (Å²) in [4.78, 5) is 23.0. The van der Waals surface area contributed by atoms with E-state index >= 15 is 0 Å². The van der Waals surface area contributed by atoms with Gasteiger partial charge in [0.1, 0.15) is 12.3 Å². The Balaban J connectivity index is 1.37. The SMILES string of the molecule is COCc1nc([C@H]2CN(C(=O)c3[nH]ccc3C3CC3)C[C@@H]2C2CC2)n[nH]1. The van der Waals surface area contributed by atoms with Gasteiger partial charge >= 0.3 is 0 Å². The maximum absolute atomic E-state index is 13.2. The van der Waals surface area contributed by atoms with Gasteiger partial charge < -0.3 is 14.6 Å². The van der Waals surface area contributed by atoms with Gasteiger partial charge in [0.05, 0.1) is 0 Å². The van der Waals surface area contributed by atoms with Crippen molar-refractivity contribution in [2.75, 3.05) is 20.2 Å². The molecule has 3 fully saturated rings. The van der Waals surface area contributed by atoms with Crippen LogP contribution in [-0.4, -0.2) is 51.2 Å². The van der Waals surface area contributed by atoms with E-state index in [1.165, 1.54) is 31.2 Å². The molecule has 0 radical (unpaired) electrons. The van der Waals surface area contributed by atoms with E-state index in [-0.39, 0.29) is 11.8 Å². The molecule has 3 aliphatic rings. The maximum atomic E-state index is 13.2. The molecule has 1 aliphatic heterocycles. The highest BCUT2D eigenvalue weighted by Gasteiger charge is 2.46. The van der Waals surface area contributed by atoms with E-state index in [0.717, 1.165) is 23.9 Å². The molecule has 26 heavy (non-hydrogen) atoms. The van der Waals surface area contributed by atoms with Crippen molar-refractivity contribution in [2.45, 2.75) is 44.1 Å². The number of ether oxygens (including phenoxy) is 1. The molecular formula is C19H25N5O2. The highest BCUT2D eigenvalue weighted by molar-refractivity contribution is 5.94. The molecule has 7 nitrogen and oxygen atoms in total. The minimum atomic E-state index is 0.137. The molecule has 2 aliphatic carbocycles. The van der Waals surface area contributed by atoms with Crippen molar-refractivity contribution in [2.24, 2.45) is 11.8 Å². The zero-order valence-electron chi connectivity index (χ0n) is 15.1. The van der Waals surface area contributed by atoms with Crippen LogP contribution >= 0.6 is 0 Å². The second-order valence-corrected chi connectivity index (χ2v) is 7.97. The third-order valence-electron chi connectivity index (χ3n) is 6.05. The molecule has 2 atom stereocenters. The number of H-pyrrole nitrogens is 2. The van der Waals surface area contributed by atoms with Crippen molar-refractivity contribution in [3.8, 4) is 0 Å². The van der Waals surface area contributed by atoms with Crippen molar-refractivity contribution in [3.05, 3.63) is 35.2 Å². The van der Waals surface area contributed by atoms with Crippen molar-refractivity contribution >= 4 is 5.91 Å². The predicted molar refractivity (Wildman–Crippen MR) is 94.7 cm³/mol. The summed E-state index contributed by atoms with van der Waals surface area (Å²) in [7, 11) is 1.65. The minimum absolute atomic E-state index is 0.137. The Morgan fingerprint density at radius 1 is 1.31 bits per heavy atom. The Morgan fingerprint density at radius 3 is 2.88 bits per heavy atom. The number of carbonyl (C=O) groups is 1. The average Bonchev–Trinajstić information content (AvgIpc) is 3.53. The molecule has 0 bridgehead atoms. The Labute approximate surface area is 152 Å². The lowest BCUT2D eigenvalue weighted by molar-refractivity contribution is 0.0778. The molecule has 2 N–H and O–H groups in total. The van der Waals surface area contributed by atoms with Gasteiger partial charge in [-0.2, -0.15) is 5.10 Å². The first-order valence-electron chi connectivity index (χ1n) is 9.61. The van der Waals surface area contributed by atoms with Gasteiger partial charge in [-0.25, -0.2) is 4.98 Å². The summed E-state index contributed by atoms with van der Waals surface area (Å²) in [5.41, 5.74) is 1.99. The Hall–Kier alpha value is -2.15. The van der Waals surface area contributed by atoms with E-state index in [9.17, 15) is 4.79 Å². The van der Waals surface area contributed by atoms with Gasteiger partial charge in [0, 0.05) is 32.3 Å². The van der Waals surface area contributed by atoms with Crippen LogP contribution in [0.25, 0.3) is 0 Å². The standard InChI is InChI=1S/C19H25N5O2/c1-26-10-16-21-18(23-22-16)15-9-24(8-14(15)12-4-5-12)19(25)17-13(6-7-20-17)11-2-3-11/h6-7,11-12,14-15,20H,2-5,8-10H2,1H3,(H,21,22,23)/t14-,15+/m1/s1. The molecule has 1 saturated heterocycles. The van der Waals surface area contributed by atoms with E-state index in [1.54, 1.807) is 7.11 Å². The lowest BCUT2D eigenvalue weighted by Crippen LogP contribution is -2.30. The summed E-state index contributed by atoms with van der Waals surface area (Å²) < 4.78 is 5.14. The smallest absolute Gasteiger partial charge is 0.270 e. The molecule has 0 aromatic carbocycles. The fourth-order valence-electron chi connectivity index (χ4n) is 4.41. The third-order valence-corrected chi connectivity index (χ3v) is 6.05. The first-order valence-corrected chi connectivity index (χ1v) is 9.61. The molecule has 1 amide bonds. The van der Waals surface area contributed by atoms with E-state index in [2.05, 4.69) is 26.2 Å². The molecule has 138 valence electrons. The summed E-state index contributed by atoms with van der Waals surface area (Å²) in [6.07, 6.45) is 6.82. The molecule has 3 heterocycles. The summed E-state index contributed by atoms with van der Waals surface area (Å²) in [6.45, 7) is 1.95. The van der Waals surface area contributed by atoms with Crippen LogP contribution in [0.15, 0.2) is 12.3 Å². The van der Waals surface area contributed by atoms with Gasteiger partial charge in [0.2, 0.25) is 0 Å². The fraction of sp³-hybridized carbons (Fsp3) is 0.632. The first-order chi connectivity index (χ1) is 12.7. The number of aromatic amines is 2. The molecule has 2 saturated carbocycles. The largest absolute Gasteiger partial charge is 0.377 e. The number of hydrogen-bond acceptors (Lipinski definition) is 4. The van der Waals surface area contributed by atoms with Crippen LogP contribution in [0.3, 0.4) is 0 Å². The highest BCUT2D eigenvalue weighted by Crippen LogP contribution is 2.47. The van der Waals surface area contributed by atoms with Gasteiger partial charge in [-0.1, -0.05) is 0 Å². The zero-order valence-corrected chi connectivity index (χ0v) is 15.1. The van der Waals surface area contributed by atoms with Gasteiger partial charge in [0.25, 0.3) is 5.91 Å². The number of nitrogens with one attached hydrogen (secondary N) is 2. The number of rotatable bonds is 6. The number of aromatic nitrogens is 4. The molecule has 0 spiro atoms. The topological polar surface area (TPSA) is 86.9 Å². The summed E-state index contributed by atoms with van der Waals surface area (Å²) >= 11 is 0. The lowest BCUT2D eigenvalue weighted by atomic mass is 9.91. The maximum Gasteiger partial charge on any atom is 0.270 e. The van der Waals surface area contributed by atoms with Crippen LogP contribution < -0.4 is 0 Å². The van der Waals surface area contributed by atoms with Crippen LogP contribution in [0, 0.1) is 11.8 Å². The van der Waals surface area contributed by atoms with Gasteiger partial charge in [-0.05, 0) is 55.1 Å². The van der Waals surface area contributed by atoms with Gasteiger partial charge in [-0.15, -0.1) is 0 Å². The molecule has 7 heteroatoms. The van der Waals surface area contributed by atoms with Crippen LogP contribution in [0.4, 0.5) is 0 Å². The number of hydrogen-bond donors (Lipinski definition) is 2. The van der Waals surface area contributed by atoms with E-state index in [4.69, 9.17) is 4.74 Å². The molecular weight excluding hydrogens is 330 g/mol. The van der Waals surface area contributed by atoms with Crippen LogP contribution in [0.2, 0.25) is 0 Å². The Kier molecular flexibility index (Phi) is 3.85. The normalized spacial score (nSPS) is 25.8. The lowest BCUT2D eigenvalue weighted by Gasteiger charge is -2.16. The van der Waals surface area contributed by atoms with Crippen LogP contribution in [0.5, 0.6) is 0 Å². The first kappa shape index (κ1) is 16.1. The van der Waals surface area contributed by atoms with E-state index < -0.39 is 0 Å². The number of nitrogens with zero attached hydrogens (tertiary/aromatic N) is 3. The van der Waals surface area contributed by atoms with Crippen molar-refractivity contribution in [1.29, 1.82) is 0 Å². The molecule has 2 aromatic rings. The molecule has 5 rings (SSSR count). The predicted octanol–water partition coefficient (Wildman–Crippen LogP) is 2.42. The monoisotopic (exact) mass is 355 g/mol. The molecule has 0 unspecified atom stereocenters. The van der Waals surface area contributed by atoms with Crippen LogP contribution in [0.1, 0.15) is 65.2 Å². The number of amides is 1. The zero-order chi connectivity index (χ0) is 17.7. The number of carbonyl (C=O) groups excluding carboxylic acids is 1. The Morgan fingerprint density at radius 2 is 2.15 bits per heavy atom. The Bertz CT molecular complexity index is 804. The summed E-state index contributed by atoms with van der Waals surface area (Å²) in [5.74, 6) is 3.67. The average molecular weight is 355 g/mol. The summed E-state index contributed by atoms with van der Waals surface area (Å²) in [6, 6.07) is 2.07. The summed E-state index contributed by atoms with van der Waals surface area (Å²) in [5, 5.41) is 7.40. The quantitative estimate of drug-likeness (QED) is 0.833. The van der Waals surface area contributed by atoms with Crippen LogP contribution in [-0.2, 0) is 11.3 Å². The minimum Gasteiger partial charge on any atom is -0.377 e. The highest BCUT2D eigenvalue weighted by atomic mass is 16.5. The molecule has 2 aromatic heterocycles. The fourth-order valence-corrected chi connectivity index (χ4v) is 4.41. The van der Waals surface area contributed by atoms with E-state index in [1.807, 2.05) is 11.1 Å².